The first-order chi connectivity index (χ1) is 16.5. The Labute approximate surface area is 197 Å². The molecule has 34 heavy (non-hydrogen) atoms. The van der Waals surface area contributed by atoms with Gasteiger partial charge in [0.1, 0.15) is 11.9 Å². The lowest BCUT2D eigenvalue weighted by molar-refractivity contribution is -0.122. The summed E-state index contributed by atoms with van der Waals surface area (Å²) in [6.07, 6.45) is 1.43. The Kier molecular flexibility index (Phi) is 5.84. The predicted octanol–water partition coefficient (Wildman–Crippen LogP) is 3.91. The maximum atomic E-state index is 13.6. The van der Waals surface area contributed by atoms with E-state index in [1.165, 1.54) is 12.1 Å². The fourth-order valence-electron chi connectivity index (χ4n) is 4.70. The number of para-hydroxylation sites is 1. The van der Waals surface area contributed by atoms with Crippen LogP contribution in [0.3, 0.4) is 0 Å². The van der Waals surface area contributed by atoms with Gasteiger partial charge in [0.05, 0.1) is 17.8 Å². The number of rotatable bonds is 5. The zero-order chi connectivity index (χ0) is 23.7. The molecular weight excluding hydrogens is 433 g/mol. The third-order valence-corrected chi connectivity index (χ3v) is 6.45. The van der Waals surface area contributed by atoms with Gasteiger partial charge in [-0.15, -0.1) is 0 Å². The third kappa shape index (κ3) is 4.05. The average molecular weight is 458 g/mol. The highest BCUT2D eigenvalue weighted by Crippen LogP contribution is 2.33. The van der Waals surface area contributed by atoms with Crippen LogP contribution in [0.25, 0.3) is 0 Å². The second kappa shape index (κ2) is 9.09. The molecule has 0 aromatic heterocycles. The van der Waals surface area contributed by atoms with Gasteiger partial charge in [0.15, 0.2) is 0 Å². The quantitative estimate of drug-likeness (QED) is 0.632. The van der Waals surface area contributed by atoms with Crippen molar-refractivity contribution in [3.8, 4) is 0 Å². The maximum absolute atomic E-state index is 13.6. The highest BCUT2D eigenvalue weighted by molar-refractivity contribution is 6.11. The lowest BCUT2D eigenvalue weighted by Gasteiger charge is -2.26. The molecule has 5 rings (SSSR count). The number of anilines is 1. The fourth-order valence-corrected chi connectivity index (χ4v) is 4.70. The minimum atomic E-state index is -0.487. The van der Waals surface area contributed by atoms with Crippen molar-refractivity contribution in [2.45, 2.75) is 32.0 Å². The van der Waals surface area contributed by atoms with Crippen LogP contribution in [-0.2, 0) is 17.9 Å². The van der Waals surface area contributed by atoms with Crippen molar-refractivity contribution in [1.29, 1.82) is 0 Å². The van der Waals surface area contributed by atoms with Gasteiger partial charge in [0.2, 0.25) is 5.91 Å². The first-order valence-electron chi connectivity index (χ1n) is 11.3. The number of halogens is 1. The Hall–Kier alpha value is -4.00. The van der Waals surface area contributed by atoms with Gasteiger partial charge in [-0.2, -0.15) is 0 Å². The number of fused-ring (bicyclic) bond motifs is 2. The molecule has 0 bridgehead atoms. The van der Waals surface area contributed by atoms with Crippen LogP contribution in [-0.4, -0.2) is 35.2 Å². The molecule has 1 unspecified atom stereocenters. The van der Waals surface area contributed by atoms with E-state index in [-0.39, 0.29) is 36.6 Å². The minimum Gasteiger partial charge on any atom is -0.348 e. The molecule has 0 radical (unpaired) electrons. The maximum Gasteiger partial charge on any atom is 0.256 e. The van der Waals surface area contributed by atoms with Gasteiger partial charge in [0.25, 0.3) is 11.8 Å². The largest absolute Gasteiger partial charge is 0.348 e. The molecule has 6 nitrogen and oxygen atoms in total. The Morgan fingerprint density at radius 1 is 0.971 bits per heavy atom. The van der Waals surface area contributed by atoms with Crippen molar-refractivity contribution in [1.82, 2.24) is 10.2 Å². The molecular formula is C27H24FN3O3. The molecule has 0 spiro atoms. The number of carbonyl (C=O) groups excluding carboxylic acids is 3. The van der Waals surface area contributed by atoms with Crippen LogP contribution in [0.5, 0.6) is 0 Å². The number of amides is 3. The summed E-state index contributed by atoms with van der Waals surface area (Å²) < 4.78 is 13.2. The van der Waals surface area contributed by atoms with Gasteiger partial charge >= 0.3 is 0 Å². The van der Waals surface area contributed by atoms with Gasteiger partial charge in [-0.05, 0) is 54.3 Å². The lowest BCUT2D eigenvalue weighted by Crippen LogP contribution is -2.44. The average Bonchev–Trinajstić information content (AvgIpc) is 3.34. The summed E-state index contributed by atoms with van der Waals surface area (Å²) in [5.74, 6) is -0.868. The zero-order valence-electron chi connectivity index (χ0n) is 18.5. The van der Waals surface area contributed by atoms with Gasteiger partial charge in [-0.25, -0.2) is 4.39 Å². The lowest BCUT2D eigenvalue weighted by atomic mass is 10.0. The molecule has 172 valence electrons. The van der Waals surface area contributed by atoms with Gasteiger partial charge < -0.3 is 15.1 Å². The molecule has 0 aliphatic carbocycles. The third-order valence-electron chi connectivity index (χ3n) is 6.45. The molecule has 3 aromatic carbocycles. The van der Waals surface area contributed by atoms with Crippen molar-refractivity contribution in [2.24, 2.45) is 0 Å². The van der Waals surface area contributed by atoms with Crippen LogP contribution in [0.1, 0.15) is 44.7 Å². The van der Waals surface area contributed by atoms with Crippen LogP contribution in [0, 0.1) is 5.82 Å². The molecule has 0 saturated carbocycles. The second-order valence-electron chi connectivity index (χ2n) is 8.56. The monoisotopic (exact) mass is 457 g/mol. The predicted molar refractivity (Wildman–Crippen MR) is 126 cm³/mol. The minimum absolute atomic E-state index is 0.126. The summed E-state index contributed by atoms with van der Waals surface area (Å²) in [6, 6.07) is 19.7. The van der Waals surface area contributed by atoms with Crippen LogP contribution in [0.4, 0.5) is 10.1 Å². The Balaban J connectivity index is 1.43. The van der Waals surface area contributed by atoms with E-state index in [1.807, 2.05) is 18.2 Å². The van der Waals surface area contributed by atoms with E-state index in [4.69, 9.17) is 0 Å². The van der Waals surface area contributed by atoms with E-state index < -0.39 is 6.04 Å². The van der Waals surface area contributed by atoms with Crippen molar-refractivity contribution < 1.29 is 18.8 Å². The van der Waals surface area contributed by atoms with E-state index in [2.05, 4.69) is 5.32 Å². The molecule has 2 heterocycles. The molecule has 3 amide bonds. The molecule has 7 heteroatoms. The first-order valence-corrected chi connectivity index (χ1v) is 11.3. The number of hydrogen-bond donors (Lipinski definition) is 1. The Bertz CT molecular complexity index is 1260. The summed E-state index contributed by atoms with van der Waals surface area (Å²) in [7, 11) is 0. The van der Waals surface area contributed by atoms with E-state index in [1.54, 1.807) is 52.3 Å². The summed E-state index contributed by atoms with van der Waals surface area (Å²) in [5, 5.41) is 2.87. The first kappa shape index (κ1) is 21.8. The summed E-state index contributed by atoms with van der Waals surface area (Å²) in [4.78, 5) is 43.0. The van der Waals surface area contributed by atoms with E-state index in [0.29, 0.717) is 35.3 Å². The molecule has 1 saturated heterocycles. The normalized spacial score (nSPS) is 17.3. The molecule has 1 N–H and O–H groups in total. The van der Waals surface area contributed by atoms with Crippen LogP contribution in [0.15, 0.2) is 72.8 Å². The standard InChI is InChI=1S/C27H24FN3O3/c28-20-13-11-18(12-14-20)16-29-25(32)21-7-2-1-6-19(21)17-31-23-9-4-3-8-22(23)26(33)30-15-5-10-24(30)27(31)34/h1-4,6-9,11-14,24H,5,10,15-17H2,(H,29,32). The molecule has 1 fully saturated rings. The van der Waals surface area contributed by atoms with Crippen LogP contribution < -0.4 is 10.2 Å². The SMILES string of the molecule is O=C(NCc1ccc(F)cc1)c1ccccc1CN1C(=O)C2CCCN2C(=O)c2ccccc21. The van der Waals surface area contributed by atoms with Crippen molar-refractivity contribution in [2.75, 3.05) is 11.4 Å². The fraction of sp³-hybridized carbons (Fsp3) is 0.222. The van der Waals surface area contributed by atoms with Gasteiger partial charge in [-0.1, -0.05) is 42.5 Å². The van der Waals surface area contributed by atoms with Gasteiger partial charge in [-0.3, -0.25) is 14.4 Å². The molecule has 2 aliphatic rings. The van der Waals surface area contributed by atoms with Gasteiger partial charge in [0, 0.05) is 18.7 Å². The summed E-state index contributed by atoms with van der Waals surface area (Å²) in [6.45, 7) is 0.998. The molecule has 2 aliphatic heterocycles. The van der Waals surface area contributed by atoms with E-state index >= 15 is 0 Å². The van der Waals surface area contributed by atoms with Crippen molar-refractivity contribution in [3.05, 3.63) is 101 Å². The van der Waals surface area contributed by atoms with E-state index in [9.17, 15) is 18.8 Å². The van der Waals surface area contributed by atoms with Crippen LogP contribution >= 0.6 is 0 Å². The Morgan fingerprint density at radius 2 is 1.71 bits per heavy atom. The number of benzene rings is 3. The van der Waals surface area contributed by atoms with Crippen LogP contribution in [0.2, 0.25) is 0 Å². The number of nitrogens with one attached hydrogen (secondary N) is 1. The number of carbonyl (C=O) groups is 3. The highest BCUT2D eigenvalue weighted by Gasteiger charge is 2.42. The number of hydrogen-bond acceptors (Lipinski definition) is 3. The van der Waals surface area contributed by atoms with E-state index in [0.717, 1.165) is 12.0 Å². The molecule has 1 atom stereocenters. The van der Waals surface area contributed by atoms with Crippen molar-refractivity contribution in [3.63, 3.8) is 0 Å². The second-order valence-corrected chi connectivity index (χ2v) is 8.56. The highest BCUT2D eigenvalue weighted by atomic mass is 19.1. The summed E-state index contributed by atoms with van der Waals surface area (Å²) in [5.41, 5.74) is 2.98. The summed E-state index contributed by atoms with van der Waals surface area (Å²) >= 11 is 0. The van der Waals surface area contributed by atoms with Crippen molar-refractivity contribution >= 4 is 23.4 Å². The number of nitrogens with zero attached hydrogens (tertiary/aromatic N) is 2. The Morgan fingerprint density at radius 3 is 2.53 bits per heavy atom. The molecule has 3 aromatic rings. The zero-order valence-corrected chi connectivity index (χ0v) is 18.5. The topological polar surface area (TPSA) is 69.7 Å². The smallest absolute Gasteiger partial charge is 0.256 e.